The highest BCUT2D eigenvalue weighted by molar-refractivity contribution is 7.99. The minimum atomic E-state index is -0.161. The first-order valence-electron chi connectivity index (χ1n) is 10.9. The van der Waals surface area contributed by atoms with Gasteiger partial charge in [0, 0.05) is 17.0 Å². The third-order valence-corrected chi connectivity index (χ3v) is 7.49. The molecule has 2 aromatic heterocycles. The number of anilines is 1. The molecule has 2 heterocycles. The summed E-state index contributed by atoms with van der Waals surface area (Å²) in [7, 11) is 0. The lowest BCUT2D eigenvalue weighted by Gasteiger charge is -2.09. The quantitative estimate of drug-likeness (QED) is 0.340. The average molecular weight is 480 g/mol. The van der Waals surface area contributed by atoms with Crippen LogP contribution >= 0.6 is 23.1 Å². The number of thiophene rings is 1. The van der Waals surface area contributed by atoms with E-state index in [-0.39, 0.29) is 11.7 Å². The summed E-state index contributed by atoms with van der Waals surface area (Å²) in [6.45, 7) is 6.92. The van der Waals surface area contributed by atoms with Crippen LogP contribution in [0.4, 0.5) is 5.00 Å². The van der Waals surface area contributed by atoms with Crippen LogP contribution < -0.4 is 10.1 Å². The predicted molar refractivity (Wildman–Crippen MR) is 132 cm³/mol. The third kappa shape index (κ3) is 5.13. The SMILES string of the molecule is C=CCn1c(SCC(=O)Nc2sc3c(c2C#N)CCCC3)nnc1-c1ccc(OCC)cc1. The maximum atomic E-state index is 12.7. The molecule has 1 aliphatic rings. The van der Waals surface area contributed by atoms with E-state index in [2.05, 4.69) is 28.2 Å². The zero-order valence-electron chi connectivity index (χ0n) is 18.5. The number of aromatic nitrogens is 3. The highest BCUT2D eigenvalue weighted by Gasteiger charge is 2.22. The Balaban J connectivity index is 1.46. The van der Waals surface area contributed by atoms with E-state index in [1.165, 1.54) is 28.0 Å². The number of aryl methyl sites for hydroxylation is 1. The van der Waals surface area contributed by atoms with Crippen molar-refractivity contribution >= 4 is 34.0 Å². The molecule has 0 spiro atoms. The maximum Gasteiger partial charge on any atom is 0.235 e. The molecule has 0 saturated carbocycles. The van der Waals surface area contributed by atoms with Crippen LogP contribution in [-0.2, 0) is 24.2 Å². The van der Waals surface area contributed by atoms with Crippen LogP contribution in [0.1, 0.15) is 35.8 Å². The Bertz CT molecular complexity index is 1190. The Morgan fingerprint density at radius 1 is 1.33 bits per heavy atom. The molecule has 0 radical (unpaired) electrons. The number of carbonyl (C=O) groups excluding carboxylic acids is 1. The summed E-state index contributed by atoms with van der Waals surface area (Å²) in [5, 5.41) is 22.5. The van der Waals surface area contributed by atoms with Crippen LogP contribution in [0.5, 0.6) is 5.75 Å². The Morgan fingerprint density at radius 2 is 2.12 bits per heavy atom. The second-order valence-electron chi connectivity index (χ2n) is 7.53. The average Bonchev–Trinajstić information content (AvgIpc) is 3.39. The molecule has 1 N–H and O–H groups in total. The zero-order valence-corrected chi connectivity index (χ0v) is 20.1. The van der Waals surface area contributed by atoms with Crippen molar-refractivity contribution in [1.29, 1.82) is 5.26 Å². The molecular weight excluding hydrogens is 454 g/mol. The van der Waals surface area contributed by atoms with Gasteiger partial charge in [-0.3, -0.25) is 9.36 Å². The minimum Gasteiger partial charge on any atom is -0.494 e. The van der Waals surface area contributed by atoms with Gasteiger partial charge >= 0.3 is 0 Å². The molecule has 1 aliphatic carbocycles. The smallest absolute Gasteiger partial charge is 0.235 e. The second kappa shape index (κ2) is 10.7. The molecule has 7 nitrogen and oxygen atoms in total. The number of hydrogen-bond donors (Lipinski definition) is 1. The van der Waals surface area contributed by atoms with Crippen LogP contribution in [0.15, 0.2) is 42.1 Å². The summed E-state index contributed by atoms with van der Waals surface area (Å²) in [5.41, 5.74) is 2.65. The highest BCUT2D eigenvalue weighted by Crippen LogP contribution is 2.37. The van der Waals surface area contributed by atoms with Crippen molar-refractivity contribution in [3.63, 3.8) is 0 Å². The fraction of sp³-hybridized carbons (Fsp3) is 0.333. The Kier molecular flexibility index (Phi) is 7.47. The van der Waals surface area contributed by atoms with Crippen LogP contribution in [0, 0.1) is 11.3 Å². The summed E-state index contributed by atoms with van der Waals surface area (Å²) in [6.07, 6.45) is 5.91. The van der Waals surface area contributed by atoms with Crippen molar-refractivity contribution in [2.24, 2.45) is 0 Å². The monoisotopic (exact) mass is 479 g/mol. The van der Waals surface area contributed by atoms with Gasteiger partial charge in [-0.25, -0.2) is 0 Å². The largest absolute Gasteiger partial charge is 0.494 e. The minimum absolute atomic E-state index is 0.161. The number of rotatable bonds is 9. The predicted octanol–water partition coefficient (Wildman–Crippen LogP) is 5.07. The topological polar surface area (TPSA) is 92.8 Å². The lowest BCUT2D eigenvalue weighted by atomic mass is 9.96. The van der Waals surface area contributed by atoms with E-state index in [0.29, 0.717) is 34.7 Å². The second-order valence-corrected chi connectivity index (χ2v) is 9.57. The van der Waals surface area contributed by atoms with Gasteiger partial charge in [-0.05, 0) is 62.4 Å². The van der Waals surface area contributed by atoms with Crippen LogP contribution in [0.3, 0.4) is 0 Å². The van der Waals surface area contributed by atoms with E-state index in [9.17, 15) is 10.1 Å². The van der Waals surface area contributed by atoms with E-state index >= 15 is 0 Å². The van der Waals surface area contributed by atoms with E-state index in [4.69, 9.17) is 4.74 Å². The van der Waals surface area contributed by atoms with E-state index in [1.54, 1.807) is 6.08 Å². The summed E-state index contributed by atoms with van der Waals surface area (Å²) in [5.74, 6) is 1.52. The maximum absolute atomic E-state index is 12.7. The van der Waals surface area contributed by atoms with Crippen LogP contribution in [0.2, 0.25) is 0 Å². The number of amides is 1. The van der Waals surface area contributed by atoms with Gasteiger partial charge in [0.1, 0.15) is 16.8 Å². The molecule has 33 heavy (non-hydrogen) atoms. The van der Waals surface area contributed by atoms with Crippen molar-refractivity contribution < 1.29 is 9.53 Å². The molecule has 1 aromatic carbocycles. The molecule has 0 unspecified atom stereocenters. The summed E-state index contributed by atoms with van der Waals surface area (Å²) in [4.78, 5) is 13.9. The van der Waals surface area contributed by atoms with Gasteiger partial charge in [-0.2, -0.15) is 5.26 Å². The van der Waals surface area contributed by atoms with Gasteiger partial charge in [0.05, 0.1) is 17.9 Å². The summed E-state index contributed by atoms with van der Waals surface area (Å²) >= 11 is 2.85. The molecule has 0 bridgehead atoms. The molecule has 170 valence electrons. The first-order valence-corrected chi connectivity index (χ1v) is 12.7. The lowest BCUT2D eigenvalue weighted by molar-refractivity contribution is -0.113. The van der Waals surface area contributed by atoms with E-state index < -0.39 is 0 Å². The fourth-order valence-electron chi connectivity index (χ4n) is 3.83. The number of nitrogens with zero attached hydrogens (tertiary/aromatic N) is 4. The number of hydrogen-bond acceptors (Lipinski definition) is 7. The van der Waals surface area contributed by atoms with Crippen molar-refractivity contribution in [1.82, 2.24) is 14.8 Å². The molecule has 0 saturated heterocycles. The van der Waals surface area contributed by atoms with Crippen molar-refractivity contribution in [2.45, 2.75) is 44.3 Å². The fourth-order valence-corrected chi connectivity index (χ4v) is 5.84. The number of ether oxygens (including phenoxy) is 1. The van der Waals surface area contributed by atoms with Gasteiger partial charge < -0.3 is 10.1 Å². The van der Waals surface area contributed by atoms with Crippen LogP contribution in [0.25, 0.3) is 11.4 Å². The third-order valence-electron chi connectivity index (χ3n) is 5.32. The van der Waals surface area contributed by atoms with E-state index in [1.807, 2.05) is 35.8 Å². The molecule has 1 amide bonds. The number of allylic oxidation sites excluding steroid dienone is 1. The number of thioether (sulfide) groups is 1. The first-order chi connectivity index (χ1) is 16.1. The summed E-state index contributed by atoms with van der Waals surface area (Å²) in [6, 6.07) is 9.97. The van der Waals surface area contributed by atoms with Crippen molar-refractivity contribution in [3.8, 4) is 23.2 Å². The molecule has 0 fully saturated rings. The molecule has 0 aliphatic heterocycles. The Hall–Kier alpha value is -3.09. The normalized spacial score (nSPS) is 12.6. The Morgan fingerprint density at radius 3 is 2.85 bits per heavy atom. The van der Waals surface area contributed by atoms with Gasteiger partial charge in [0.15, 0.2) is 11.0 Å². The van der Waals surface area contributed by atoms with Gasteiger partial charge in [0.25, 0.3) is 0 Å². The number of nitrogens with one attached hydrogen (secondary N) is 1. The molecule has 4 rings (SSSR count). The highest BCUT2D eigenvalue weighted by atomic mass is 32.2. The summed E-state index contributed by atoms with van der Waals surface area (Å²) < 4.78 is 7.45. The van der Waals surface area contributed by atoms with Crippen molar-refractivity contribution in [3.05, 3.63) is 52.9 Å². The molecule has 0 atom stereocenters. The van der Waals surface area contributed by atoms with Gasteiger partial charge in [-0.1, -0.05) is 17.8 Å². The first kappa shape index (κ1) is 23.1. The van der Waals surface area contributed by atoms with E-state index in [0.717, 1.165) is 42.6 Å². The van der Waals surface area contributed by atoms with Gasteiger partial charge in [0.2, 0.25) is 5.91 Å². The van der Waals surface area contributed by atoms with Crippen molar-refractivity contribution in [2.75, 3.05) is 17.7 Å². The molecule has 9 heteroatoms. The van der Waals surface area contributed by atoms with Crippen LogP contribution in [-0.4, -0.2) is 33.0 Å². The zero-order chi connectivity index (χ0) is 23.2. The Labute approximate surface area is 201 Å². The standard InChI is InChI=1S/C24H25N5O2S2/c1-3-13-29-22(16-9-11-17(12-10-16)31-4-2)27-28-24(29)32-15-21(30)26-23-19(14-25)18-7-5-6-8-20(18)33-23/h3,9-12H,1,4-8,13,15H2,2H3,(H,26,30). The number of carbonyl (C=O) groups is 1. The molecular formula is C24H25N5O2S2. The number of benzene rings is 1. The number of fused-ring (bicyclic) bond motifs is 1. The van der Waals surface area contributed by atoms with Gasteiger partial charge in [-0.15, -0.1) is 28.1 Å². The number of nitriles is 1. The molecule has 3 aromatic rings. The lowest BCUT2D eigenvalue weighted by Crippen LogP contribution is -2.14.